The molecule has 0 bridgehead atoms. The minimum atomic E-state index is 0.667. The van der Waals surface area contributed by atoms with Crippen molar-refractivity contribution in [1.82, 2.24) is 9.97 Å². The Morgan fingerprint density at radius 2 is 2.19 bits per heavy atom. The Bertz CT molecular complexity index is 485. The monoisotopic (exact) mass is 277 g/mol. The molecule has 0 saturated heterocycles. The van der Waals surface area contributed by atoms with Crippen LogP contribution in [0.15, 0.2) is 41.0 Å². The van der Waals surface area contributed by atoms with E-state index in [0.717, 1.165) is 22.3 Å². The van der Waals surface area contributed by atoms with Gasteiger partial charge in [-0.2, -0.15) is 0 Å². The van der Waals surface area contributed by atoms with E-state index in [-0.39, 0.29) is 0 Å². The molecule has 0 saturated carbocycles. The summed E-state index contributed by atoms with van der Waals surface area (Å²) in [6.07, 6.45) is 1.77. The summed E-state index contributed by atoms with van der Waals surface area (Å²) in [4.78, 5) is 8.57. The van der Waals surface area contributed by atoms with Gasteiger partial charge in [0.25, 0.3) is 0 Å². The molecule has 4 heteroatoms. The molecule has 1 heterocycles. The van der Waals surface area contributed by atoms with Crippen molar-refractivity contribution in [3.8, 4) is 11.3 Å². The molecule has 0 aliphatic heterocycles. The predicted octanol–water partition coefficient (Wildman–Crippen LogP) is 3.34. The highest BCUT2D eigenvalue weighted by Crippen LogP contribution is 2.21. The van der Waals surface area contributed by atoms with Gasteiger partial charge < -0.3 is 5.32 Å². The molecule has 2 aromatic rings. The third kappa shape index (κ3) is 2.58. The van der Waals surface area contributed by atoms with Gasteiger partial charge in [0.15, 0.2) is 0 Å². The maximum absolute atomic E-state index is 4.43. The Morgan fingerprint density at radius 3 is 2.94 bits per heavy atom. The maximum Gasteiger partial charge on any atom is 0.223 e. The van der Waals surface area contributed by atoms with Crippen molar-refractivity contribution in [3.05, 3.63) is 41.0 Å². The van der Waals surface area contributed by atoms with Crippen LogP contribution in [0.4, 0.5) is 5.95 Å². The lowest BCUT2D eigenvalue weighted by atomic mass is 10.1. The van der Waals surface area contributed by atoms with E-state index < -0.39 is 0 Å². The van der Waals surface area contributed by atoms with Crippen molar-refractivity contribution in [3.63, 3.8) is 0 Å². The summed E-state index contributed by atoms with van der Waals surface area (Å²) >= 11 is 3.45. The highest BCUT2D eigenvalue weighted by molar-refractivity contribution is 9.10. The number of hydrogen-bond donors (Lipinski definition) is 1. The fraction of sp³-hybridized carbons (Fsp3) is 0.167. The Kier molecular flexibility index (Phi) is 3.51. The van der Waals surface area contributed by atoms with Gasteiger partial charge in [-0.25, -0.2) is 9.97 Å². The standard InChI is InChI=1S/C12H12BrN3/c1-2-14-12-15-7-6-11(16-12)9-4-3-5-10(13)8-9/h3-8H,2H2,1H3,(H,14,15,16). The zero-order chi connectivity index (χ0) is 11.4. The van der Waals surface area contributed by atoms with Gasteiger partial charge in [-0.15, -0.1) is 0 Å². The van der Waals surface area contributed by atoms with Crippen molar-refractivity contribution in [2.24, 2.45) is 0 Å². The summed E-state index contributed by atoms with van der Waals surface area (Å²) in [6, 6.07) is 9.97. The van der Waals surface area contributed by atoms with Crippen LogP contribution >= 0.6 is 15.9 Å². The van der Waals surface area contributed by atoms with Crippen LogP contribution in [0.5, 0.6) is 0 Å². The first-order chi connectivity index (χ1) is 7.79. The van der Waals surface area contributed by atoms with Crippen LogP contribution in [0.2, 0.25) is 0 Å². The molecule has 0 unspecified atom stereocenters. The molecule has 0 aliphatic rings. The van der Waals surface area contributed by atoms with Gasteiger partial charge >= 0.3 is 0 Å². The van der Waals surface area contributed by atoms with Crippen LogP contribution in [-0.4, -0.2) is 16.5 Å². The van der Waals surface area contributed by atoms with Crippen LogP contribution in [-0.2, 0) is 0 Å². The smallest absolute Gasteiger partial charge is 0.223 e. The number of benzene rings is 1. The molecule has 0 atom stereocenters. The Morgan fingerprint density at radius 1 is 1.31 bits per heavy atom. The Labute approximate surface area is 103 Å². The minimum absolute atomic E-state index is 0.667. The summed E-state index contributed by atoms with van der Waals surface area (Å²) in [5.74, 6) is 0.667. The van der Waals surface area contributed by atoms with Crippen LogP contribution in [0.1, 0.15) is 6.92 Å². The summed E-state index contributed by atoms with van der Waals surface area (Å²) in [7, 11) is 0. The third-order valence-electron chi connectivity index (χ3n) is 2.11. The fourth-order valence-corrected chi connectivity index (χ4v) is 1.81. The highest BCUT2D eigenvalue weighted by Gasteiger charge is 2.01. The lowest BCUT2D eigenvalue weighted by Crippen LogP contribution is -2.02. The molecule has 82 valence electrons. The maximum atomic E-state index is 4.43. The van der Waals surface area contributed by atoms with E-state index in [0.29, 0.717) is 5.95 Å². The number of nitrogens with zero attached hydrogens (tertiary/aromatic N) is 2. The van der Waals surface area contributed by atoms with E-state index in [1.165, 1.54) is 0 Å². The summed E-state index contributed by atoms with van der Waals surface area (Å²) in [5.41, 5.74) is 2.00. The number of aromatic nitrogens is 2. The van der Waals surface area contributed by atoms with Gasteiger partial charge in [-0.1, -0.05) is 28.1 Å². The largest absolute Gasteiger partial charge is 0.354 e. The van der Waals surface area contributed by atoms with E-state index in [9.17, 15) is 0 Å². The zero-order valence-corrected chi connectivity index (χ0v) is 10.5. The number of halogens is 1. The SMILES string of the molecule is CCNc1nccc(-c2cccc(Br)c2)n1. The van der Waals surface area contributed by atoms with Gasteiger partial charge in [0.1, 0.15) is 0 Å². The zero-order valence-electron chi connectivity index (χ0n) is 8.94. The normalized spacial score (nSPS) is 10.1. The quantitative estimate of drug-likeness (QED) is 0.935. The molecule has 0 aliphatic carbocycles. The molecule has 0 amide bonds. The number of hydrogen-bond acceptors (Lipinski definition) is 3. The second-order valence-corrected chi connectivity index (χ2v) is 4.22. The highest BCUT2D eigenvalue weighted by atomic mass is 79.9. The van der Waals surface area contributed by atoms with Crippen molar-refractivity contribution in [1.29, 1.82) is 0 Å². The number of rotatable bonds is 3. The lowest BCUT2D eigenvalue weighted by Gasteiger charge is -2.04. The lowest BCUT2D eigenvalue weighted by molar-refractivity contribution is 1.09. The number of anilines is 1. The van der Waals surface area contributed by atoms with E-state index >= 15 is 0 Å². The molecule has 0 spiro atoms. The predicted molar refractivity (Wildman–Crippen MR) is 69.3 cm³/mol. The first-order valence-electron chi connectivity index (χ1n) is 5.12. The van der Waals surface area contributed by atoms with E-state index in [2.05, 4.69) is 31.2 Å². The summed E-state index contributed by atoms with van der Waals surface area (Å²) in [5, 5.41) is 3.10. The molecule has 16 heavy (non-hydrogen) atoms. The average Bonchev–Trinajstić information content (AvgIpc) is 2.30. The Hall–Kier alpha value is -1.42. The van der Waals surface area contributed by atoms with Gasteiger partial charge in [-0.05, 0) is 25.1 Å². The van der Waals surface area contributed by atoms with Crippen molar-refractivity contribution < 1.29 is 0 Å². The molecule has 2 rings (SSSR count). The van der Waals surface area contributed by atoms with Gasteiger partial charge in [0, 0.05) is 22.8 Å². The second-order valence-electron chi connectivity index (χ2n) is 3.31. The van der Waals surface area contributed by atoms with Gasteiger partial charge in [0.05, 0.1) is 5.69 Å². The number of nitrogens with one attached hydrogen (secondary N) is 1. The first kappa shape index (κ1) is 11.1. The second kappa shape index (κ2) is 5.07. The first-order valence-corrected chi connectivity index (χ1v) is 5.92. The van der Waals surface area contributed by atoms with Crippen LogP contribution in [0.3, 0.4) is 0 Å². The van der Waals surface area contributed by atoms with Crippen LogP contribution in [0.25, 0.3) is 11.3 Å². The van der Waals surface area contributed by atoms with Crippen LogP contribution < -0.4 is 5.32 Å². The minimum Gasteiger partial charge on any atom is -0.354 e. The van der Waals surface area contributed by atoms with Crippen molar-refractivity contribution >= 4 is 21.9 Å². The van der Waals surface area contributed by atoms with Gasteiger partial charge in [0.2, 0.25) is 5.95 Å². The molecular formula is C12H12BrN3. The molecule has 3 nitrogen and oxygen atoms in total. The summed E-state index contributed by atoms with van der Waals surface area (Å²) < 4.78 is 1.05. The summed E-state index contributed by atoms with van der Waals surface area (Å²) in [6.45, 7) is 2.84. The van der Waals surface area contributed by atoms with Gasteiger partial charge in [-0.3, -0.25) is 0 Å². The van der Waals surface area contributed by atoms with Crippen molar-refractivity contribution in [2.75, 3.05) is 11.9 Å². The molecule has 0 fully saturated rings. The fourth-order valence-electron chi connectivity index (χ4n) is 1.41. The van der Waals surface area contributed by atoms with Crippen molar-refractivity contribution in [2.45, 2.75) is 6.92 Å². The molecular weight excluding hydrogens is 266 g/mol. The Balaban J connectivity index is 2.36. The van der Waals surface area contributed by atoms with E-state index in [4.69, 9.17) is 0 Å². The van der Waals surface area contributed by atoms with Crippen LogP contribution in [0, 0.1) is 0 Å². The average molecular weight is 278 g/mol. The topological polar surface area (TPSA) is 37.8 Å². The molecule has 1 aromatic heterocycles. The molecule has 1 N–H and O–H groups in total. The molecule has 1 aromatic carbocycles. The van der Waals surface area contributed by atoms with E-state index in [1.807, 2.05) is 37.3 Å². The molecule has 0 radical (unpaired) electrons. The van der Waals surface area contributed by atoms with E-state index in [1.54, 1.807) is 6.20 Å². The third-order valence-corrected chi connectivity index (χ3v) is 2.60.